The van der Waals surface area contributed by atoms with Gasteiger partial charge in [-0.25, -0.2) is 9.97 Å². The monoisotopic (exact) mass is 290 g/mol. The van der Waals surface area contributed by atoms with Crippen molar-refractivity contribution >= 4 is 11.6 Å². The van der Waals surface area contributed by atoms with E-state index in [2.05, 4.69) is 35.1 Å². The van der Waals surface area contributed by atoms with Crippen LogP contribution in [0.2, 0.25) is 5.15 Å². The molecule has 2 aromatic rings. The van der Waals surface area contributed by atoms with Crippen LogP contribution in [0.3, 0.4) is 0 Å². The Labute approximate surface area is 125 Å². The van der Waals surface area contributed by atoms with E-state index in [1.165, 1.54) is 5.56 Å². The van der Waals surface area contributed by atoms with Crippen LogP contribution in [0, 0.1) is 0 Å². The van der Waals surface area contributed by atoms with Gasteiger partial charge in [0.1, 0.15) is 11.8 Å². The molecule has 0 aliphatic carbocycles. The largest absolute Gasteiger partial charge is 0.374 e. The van der Waals surface area contributed by atoms with Crippen molar-refractivity contribution in [3.05, 3.63) is 46.9 Å². The summed E-state index contributed by atoms with van der Waals surface area (Å²) in [6, 6.07) is 10.2. The SMILES string of the molecule is CCCc1cccc(-c2cc(Cl)nc(COCC)n2)c1. The molecule has 0 aliphatic rings. The molecule has 4 heteroatoms. The fraction of sp³-hybridized carbons (Fsp3) is 0.375. The van der Waals surface area contributed by atoms with Crippen molar-refractivity contribution in [3.8, 4) is 11.3 Å². The van der Waals surface area contributed by atoms with Crippen LogP contribution in [0.4, 0.5) is 0 Å². The molecular formula is C16H19ClN2O. The van der Waals surface area contributed by atoms with E-state index in [1.54, 1.807) is 6.07 Å². The van der Waals surface area contributed by atoms with E-state index in [9.17, 15) is 0 Å². The second-order valence-corrected chi connectivity index (χ2v) is 4.97. The zero-order chi connectivity index (χ0) is 14.4. The Kier molecular flexibility index (Phi) is 5.50. The maximum Gasteiger partial charge on any atom is 0.156 e. The van der Waals surface area contributed by atoms with Gasteiger partial charge in [-0.1, -0.05) is 43.1 Å². The maximum absolute atomic E-state index is 6.07. The summed E-state index contributed by atoms with van der Waals surface area (Å²) in [6.07, 6.45) is 2.20. The number of rotatable bonds is 6. The van der Waals surface area contributed by atoms with Gasteiger partial charge in [-0.3, -0.25) is 0 Å². The fourth-order valence-electron chi connectivity index (χ4n) is 2.05. The summed E-state index contributed by atoms with van der Waals surface area (Å²) in [5.74, 6) is 0.621. The van der Waals surface area contributed by atoms with Crippen LogP contribution in [-0.2, 0) is 17.8 Å². The average Bonchev–Trinajstić information content (AvgIpc) is 2.45. The molecule has 2 rings (SSSR count). The van der Waals surface area contributed by atoms with Crippen LogP contribution in [0.1, 0.15) is 31.7 Å². The van der Waals surface area contributed by atoms with Gasteiger partial charge >= 0.3 is 0 Å². The lowest BCUT2D eigenvalue weighted by Crippen LogP contribution is -2.00. The number of aromatic nitrogens is 2. The highest BCUT2D eigenvalue weighted by molar-refractivity contribution is 6.29. The predicted octanol–water partition coefficient (Wildman–Crippen LogP) is 4.29. The highest BCUT2D eigenvalue weighted by Crippen LogP contribution is 2.22. The Morgan fingerprint density at radius 2 is 2.00 bits per heavy atom. The smallest absolute Gasteiger partial charge is 0.156 e. The van der Waals surface area contributed by atoms with Crippen molar-refractivity contribution in [3.63, 3.8) is 0 Å². The Morgan fingerprint density at radius 3 is 2.75 bits per heavy atom. The normalized spacial score (nSPS) is 10.8. The van der Waals surface area contributed by atoms with E-state index in [4.69, 9.17) is 16.3 Å². The van der Waals surface area contributed by atoms with Crippen molar-refractivity contribution in [1.82, 2.24) is 9.97 Å². The lowest BCUT2D eigenvalue weighted by atomic mass is 10.0. The fourth-order valence-corrected chi connectivity index (χ4v) is 2.25. The first-order chi connectivity index (χ1) is 9.72. The molecule has 0 spiro atoms. The van der Waals surface area contributed by atoms with Gasteiger partial charge in [-0.05, 0) is 25.0 Å². The lowest BCUT2D eigenvalue weighted by molar-refractivity contribution is 0.128. The second-order valence-electron chi connectivity index (χ2n) is 4.58. The minimum Gasteiger partial charge on any atom is -0.374 e. The summed E-state index contributed by atoms with van der Waals surface area (Å²) in [4.78, 5) is 8.71. The number of halogens is 1. The van der Waals surface area contributed by atoms with Gasteiger partial charge in [0.2, 0.25) is 0 Å². The van der Waals surface area contributed by atoms with Gasteiger partial charge < -0.3 is 4.74 Å². The average molecular weight is 291 g/mol. The van der Waals surface area contributed by atoms with Crippen LogP contribution >= 0.6 is 11.6 Å². The number of nitrogens with zero attached hydrogens (tertiary/aromatic N) is 2. The molecule has 0 radical (unpaired) electrons. The van der Waals surface area contributed by atoms with Gasteiger partial charge in [-0.2, -0.15) is 0 Å². The molecule has 0 saturated heterocycles. The molecule has 0 fully saturated rings. The van der Waals surface area contributed by atoms with Gasteiger partial charge in [0, 0.05) is 18.2 Å². The number of aryl methyl sites for hydroxylation is 1. The summed E-state index contributed by atoms with van der Waals surface area (Å²) in [7, 11) is 0. The van der Waals surface area contributed by atoms with Crippen molar-refractivity contribution < 1.29 is 4.74 Å². The van der Waals surface area contributed by atoms with Crippen LogP contribution in [0.15, 0.2) is 30.3 Å². The lowest BCUT2D eigenvalue weighted by Gasteiger charge is -2.07. The van der Waals surface area contributed by atoms with E-state index >= 15 is 0 Å². The summed E-state index contributed by atoms with van der Waals surface area (Å²) in [6.45, 7) is 5.14. The third-order valence-corrected chi connectivity index (χ3v) is 3.13. The first-order valence-electron chi connectivity index (χ1n) is 6.93. The Balaban J connectivity index is 2.31. The minimum absolute atomic E-state index is 0.388. The first kappa shape index (κ1) is 14.9. The molecule has 0 N–H and O–H groups in total. The number of hydrogen-bond donors (Lipinski definition) is 0. The second kappa shape index (κ2) is 7.36. The zero-order valence-corrected chi connectivity index (χ0v) is 12.7. The Bertz CT molecular complexity index is 572. The molecular weight excluding hydrogens is 272 g/mol. The van der Waals surface area contributed by atoms with Crippen LogP contribution in [-0.4, -0.2) is 16.6 Å². The third kappa shape index (κ3) is 4.02. The van der Waals surface area contributed by atoms with Crippen LogP contribution in [0.5, 0.6) is 0 Å². The molecule has 1 aromatic heterocycles. The quantitative estimate of drug-likeness (QED) is 0.745. The van der Waals surface area contributed by atoms with E-state index < -0.39 is 0 Å². The molecule has 1 heterocycles. The highest BCUT2D eigenvalue weighted by Gasteiger charge is 2.06. The van der Waals surface area contributed by atoms with E-state index in [0.717, 1.165) is 24.1 Å². The molecule has 0 aliphatic heterocycles. The van der Waals surface area contributed by atoms with E-state index in [-0.39, 0.29) is 0 Å². The van der Waals surface area contributed by atoms with E-state index in [1.807, 2.05) is 13.0 Å². The molecule has 106 valence electrons. The molecule has 0 atom stereocenters. The van der Waals surface area contributed by atoms with Gasteiger partial charge in [0.15, 0.2) is 5.82 Å². The Hall–Kier alpha value is -1.45. The molecule has 0 amide bonds. The van der Waals surface area contributed by atoms with Crippen molar-refractivity contribution in [2.24, 2.45) is 0 Å². The number of hydrogen-bond acceptors (Lipinski definition) is 3. The third-order valence-electron chi connectivity index (χ3n) is 2.94. The molecule has 20 heavy (non-hydrogen) atoms. The molecule has 3 nitrogen and oxygen atoms in total. The summed E-state index contributed by atoms with van der Waals surface area (Å²) < 4.78 is 5.34. The number of benzene rings is 1. The summed E-state index contributed by atoms with van der Waals surface area (Å²) in [5, 5.41) is 0.450. The molecule has 0 bridgehead atoms. The Morgan fingerprint density at radius 1 is 1.15 bits per heavy atom. The van der Waals surface area contributed by atoms with Crippen LogP contribution in [0.25, 0.3) is 11.3 Å². The first-order valence-corrected chi connectivity index (χ1v) is 7.31. The highest BCUT2D eigenvalue weighted by atomic mass is 35.5. The van der Waals surface area contributed by atoms with Crippen molar-refractivity contribution in [1.29, 1.82) is 0 Å². The summed E-state index contributed by atoms with van der Waals surface area (Å²) >= 11 is 6.07. The van der Waals surface area contributed by atoms with Gasteiger partial charge in [0.25, 0.3) is 0 Å². The molecule has 0 unspecified atom stereocenters. The topological polar surface area (TPSA) is 35.0 Å². The van der Waals surface area contributed by atoms with Crippen LogP contribution < -0.4 is 0 Å². The minimum atomic E-state index is 0.388. The van der Waals surface area contributed by atoms with Gasteiger partial charge in [-0.15, -0.1) is 0 Å². The predicted molar refractivity (Wildman–Crippen MR) is 81.8 cm³/mol. The standard InChI is InChI=1S/C16H19ClN2O/c1-3-6-12-7-5-8-13(9-12)14-10-15(17)19-16(18-14)11-20-4-2/h5,7-10H,3-4,6,11H2,1-2H3. The summed E-state index contributed by atoms with van der Waals surface area (Å²) in [5.41, 5.74) is 3.22. The maximum atomic E-state index is 6.07. The van der Waals surface area contributed by atoms with Gasteiger partial charge in [0.05, 0.1) is 5.69 Å². The number of ether oxygens (including phenoxy) is 1. The zero-order valence-electron chi connectivity index (χ0n) is 11.9. The van der Waals surface area contributed by atoms with Crippen molar-refractivity contribution in [2.75, 3.05) is 6.61 Å². The molecule has 1 aromatic carbocycles. The van der Waals surface area contributed by atoms with E-state index in [0.29, 0.717) is 24.2 Å². The molecule has 0 saturated carbocycles. The van der Waals surface area contributed by atoms with Crippen molar-refractivity contribution in [2.45, 2.75) is 33.3 Å².